The Morgan fingerprint density at radius 3 is 2.53 bits per heavy atom. The van der Waals surface area contributed by atoms with E-state index in [4.69, 9.17) is 40.2 Å². The first kappa shape index (κ1) is 24.3. The van der Waals surface area contributed by atoms with Crippen LogP contribution < -0.4 is 15.0 Å². The van der Waals surface area contributed by atoms with Crippen molar-refractivity contribution in [3.63, 3.8) is 0 Å². The van der Waals surface area contributed by atoms with Crippen molar-refractivity contribution < 1.29 is 14.3 Å². The van der Waals surface area contributed by atoms with Gasteiger partial charge in [-0.05, 0) is 60.5 Å². The van der Waals surface area contributed by atoms with Crippen molar-refractivity contribution in [1.29, 1.82) is 0 Å². The molecule has 3 aromatic rings. The Labute approximate surface area is 216 Å². The summed E-state index contributed by atoms with van der Waals surface area (Å²) in [7, 11) is 0. The molecule has 0 atom stereocenters. The van der Waals surface area contributed by atoms with Crippen LogP contribution in [0.3, 0.4) is 0 Å². The first-order valence-corrected chi connectivity index (χ1v) is 12.1. The van der Waals surface area contributed by atoms with Gasteiger partial charge in [-0.25, -0.2) is 0 Å². The van der Waals surface area contributed by atoms with E-state index in [-0.39, 0.29) is 18.4 Å². The molecule has 9 heteroatoms. The largest absolute Gasteiger partial charge is 0.484 e. The molecule has 0 aromatic heterocycles. The predicted molar refractivity (Wildman–Crippen MR) is 144 cm³/mol. The van der Waals surface area contributed by atoms with Crippen LogP contribution in [0.25, 0.3) is 6.08 Å². The number of rotatable bonds is 6. The number of nitrogens with zero attached hydrogens (tertiary/aromatic N) is 1. The normalized spacial score (nSPS) is 14.6. The second-order valence-electron chi connectivity index (χ2n) is 7.34. The number of carbonyl (C=O) groups is 2. The Kier molecular flexibility index (Phi) is 7.58. The fourth-order valence-electron chi connectivity index (χ4n) is 3.22. The quantitative estimate of drug-likeness (QED) is 0.284. The number of para-hydroxylation sites is 1. The lowest BCUT2D eigenvalue weighted by atomic mass is 10.1. The third-order valence-electron chi connectivity index (χ3n) is 4.90. The number of anilines is 2. The third-order valence-corrected chi connectivity index (χ3v) is 6.94. The van der Waals surface area contributed by atoms with Gasteiger partial charge in [0.25, 0.3) is 11.8 Å². The van der Waals surface area contributed by atoms with E-state index in [1.807, 2.05) is 43.3 Å². The molecule has 1 saturated heterocycles. The van der Waals surface area contributed by atoms with Crippen molar-refractivity contribution in [2.75, 3.05) is 16.8 Å². The van der Waals surface area contributed by atoms with Crippen molar-refractivity contribution in [3.8, 4) is 5.75 Å². The number of benzene rings is 3. The molecule has 1 aliphatic heterocycles. The average Bonchev–Trinajstić information content (AvgIpc) is 3.09. The molecular formula is C25H18Cl2N2O3S2. The van der Waals surface area contributed by atoms with Gasteiger partial charge in [-0.1, -0.05) is 77.5 Å². The van der Waals surface area contributed by atoms with Crippen molar-refractivity contribution in [2.45, 2.75) is 6.92 Å². The van der Waals surface area contributed by atoms with Crippen LogP contribution in [-0.4, -0.2) is 22.7 Å². The highest BCUT2D eigenvalue weighted by Gasteiger charge is 2.33. The number of thioether (sulfide) groups is 1. The summed E-state index contributed by atoms with van der Waals surface area (Å²) in [6, 6.07) is 19.6. The summed E-state index contributed by atoms with van der Waals surface area (Å²) in [6.45, 7) is 1.77. The van der Waals surface area contributed by atoms with E-state index in [1.54, 1.807) is 41.3 Å². The average molecular weight is 529 g/mol. The molecule has 0 aliphatic carbocycles. The topological polar surface area (TPSA) is 58.6 Å². The maximum atomic E-state index is 13.0. The highest BCUT2D eigenvalue weighted by atomic mass is 35.5. The van der Waals surface area contributed by atoms with E-state index in [2.05, 4.69) is 5.32 Å². The summed E-state index contributed by atoms with van der Waals surface area (Å²) in [5.41, 5.74) is 3.11. The lowest BCUT2D eigenvalue weighted by molar-refractivity contribution is -0.118. The molecule has 3 aromatic carbocycles. The van der Waals surface area contributed by atoms with Gasteiger partial charge in [0.15, 0.2) is 10.9 Å². The summed E-state index contributed by atoms with van der Waals surface area (Å²) < 4.78 is 6.05. The van der Waals surface area contributed by atoms with Crippen LogP contribution in [0.2, 0.25) is 10.0 Å². The van der Waals surface area contributed by atoms with Crippen LogP contribution in [-0.2, 0) is 9.59 Å². The number of thiocarbonyl (C=S) groups is 1. The zero-order chi connectivity index (χ0) is 24.2. The molecule has 0 bridgehead atoms. The van der Waals surface area contributed by atoms with Gasteiger partial charge in [-0.15, -0.1) is 0 Å². The second kappa shape index (κ2) is 10.6. The Hall–Kier alpha value is -2.84. The van der Waals surface area contributed by atoms with Gasteiger partial charge in [0, 0.05) is 5.69 Å². The fraction of sp³-hybridized carbons (Fsp3) is 0.0800. The Morgan fingerprint density at radius 1 is 1.09 bits per heavy atom. The van der Waals surface area contributed by atoms with Gasteiger partial charge >= 0.3 is 0 Å². The maximum absolute atomic E-state index is 13.0. The summed E-state index contributed by atoms with van der Waals surface area (Å²) in [5.74, 6) is 0.0415. The molecule has 0 unspecified atom stereocenters. The minimum absolute atomic E-state index is 0.149. The molecular weight excluding hydrogens is 511 g/mol. The monoisotopic (exact) mass is 528 g/mol. The molecule has 172 valence electrons. The summed E-state index contributed by atoms with van der Waals surface area (Å²) in [5, 5.41) is 3.46. The van der Waals surface area contributed by atoms with Gasteiger partial charge in [-0.3, -0.25) is 14.5 Å². The lowest BCUT2D eigenvalue weighted by Gasteiger charge is -2.16. The van der Waals surface area contributed by atoms with E-state index in [9.17, 15) is 9.59 Å². The van der Waals surface area contributed by atoms with Crippen LogP contribution in [0.15, 0.2) is 71.6 Å². The standard InChI is InChI=1S/C25H18Cl2N2O3S2/c1-15-4-2-3-5-21(15)29-24(31)22(34-25(29)33)12-16-6-9-18(10-7-16)32-14-23(30)28-17-8-11-19(26)20(27)13-17/h2-13H,14H2,1H3,(H,28,30)/b22-12-. The molecule has 1 heterocycles. The Morgan fingerprint density at radius 2 is 1.82 bits per heavy atom. The van der Waals surface area contributed by atoms with Crippen molar-refractivity contribution in [3.05, 3.63) is 92.8 Å². The minimum atomic E-state index is -0.331. The molecule has 2 amide bonds. The van der Waals surface area contributed by atoms with Gasteiger partial charge in [0.1, 0.15) is 5.75 Å². The van der Waals surface area contributed by atoms with Gasteiger partial charge < -0.3 is 10.1 Å². The number of ether oxygens (including phenoxy) is 1. The molecule has 34 heavy (non-hydrogen) atoms. The number of hydrogen-bond acceptors (Lipinski definition) is 5. The van der Waals surface area contributed by atoms with Gasteiger partial charge in [0.05, 0.1) is 20.6 Å². The molecule has 0 saturated carbocycles. The minimum Gasteiger partial charge on any atom is -0.484 e. The SMILES string of the molecule is Cc1ccccc1N1C(=O)/C(=C/c2ccc(OCC(=O)Nc3ccc(Cl)c(Cl)c3)cc2)SC1=S. The van der Waals surface area contributed by atoms with Crippen LogP contribution in [0.5, 0.6) is 5.75 Å². The second-order valence-corrected chi connectivity index (χ2v) is 9.83. The van der Waals surface area contributed by atoms with Crippen LogP contribution in [0.4, 0.5) is 11.4 Å². The Balaban J connectivity index is 1.37. The van der Waals surface area contributed by atoms with Crippen molar-refractivity contribution in [1.82, 2.24) is 0 Å². The number of hydrogen-bond donors (Lipinski definition) is 1. The predicted octanol–water partition coefficient (Wildman–Crippen LogP) is 6.73. The van der Waals surface area contributed by atoms with E-state index in [1.165, 1.54) is 11.8 Å². The van der Waals surface area contributed by atoms with Crippen molar-refractivity contribution >= 4 is 80.8 Å². The molecule has 5 nitrogen and oxygen atoms in total. The third kappa shape index (κ3) is 5.62. The number of aryl methyl sites for hydroxylation is 1. The van der Waals surface area contributed by atoms with E-state index in [0.717, 1.165) is 16.8 Å². The Bertz CT molecular complexity index is 1310. The van der Waals surface area contributed by atoms with E-state index >= 15 is 0 Å². The number of halogens is 2. The molecule has 1 aliphatic rings. The van der Waals surface area contributed by atoms with Gasteiger partial charge in [-0.2, -0.15) is 0 Å². The molecule has 1 N–H and O–H groups in total. The van der Waals surface area contributed by atoms with Crippen LogP contribution in [0, 0.1) is 6.92 Å². The highest BCUT2D eigenvalue weighted by molar-refractivity contribution is 8.27. The van der Waals surface area contributed by atoms with E-state index in [0.29, 0.717) is 30.7 Å². The van der Waals surface area contributed by atoms with Crippen LogP contribution in [0.1, 0.15) is 11.1 Å². The lowest BCUT2D eigenvalue weighted by Crippen LogP contribution is -2.28. The summed E-state index contributed by atoms with van der Waals surface area (Å²) in [6.07, 6.45) is 1.79. The summed E-state index contributed by atoms with van der Waals surface area (Å²) >= 11 is 18.6. The number of amides is 2. The first-order chi connectivity index (χ1) is 16.3. The number of carbonyl (C=O) groups excluding carboxylic acids is 2. The first-order valence-electron chi connectivity index (χ1n) is 10.1. The van der Waals surface area contributed by atoms with Gasteiger partial charge in [0.2, 0.25) is 0 Å². The zero-order valence-electron chi connectivity index (χ0n) is 17.9. The summed E-state index contributed by atoms with van der Waals surface area (Å²) in [4.78, 5) is 27.2. The highest BCUT2D eigenvalue weighted by Crippen LogP contribution is 2.37. The van der Waals surface area contributed by atoms with Crippen molar-refractivity contribution in [2.24, 2.45) is 0 Å². The maximum Gasteiger partial charge on any atom is 0.270 e. The zero-order valence-corrected chi connectivity index (χ0v) is 21.0. The molecule has 0 spiro atoms. The fourth-order valence-corrected chi connectivity index (χ4v) is 4.80. The molecule has 0 radical (unpaired) electrons. The number of nitrogens with one attached hydrogen (secondary N) is 1. The molecule has 4 rings (SSSR count). The van der Waals surface area contributed by atoms with E-state index < -0.39 is 0 Å². The molecule has 1 fully saturated rings. The van der Waals surface area contributed by atoms with Crippen LogP contribution >= 0.6 is 47.2 Å². The smallest absolute Gasteiger partial charge is 0.270 e.